The first-order valence-corrected chi connectivity index (χ1v) is 3.95. The minimum atomic E-state index is -1.95. The summed E-state index contributed by atoms with van der Waals surface area (Å²) >= 11 is 0. The Balaban J connectivity index is 2.79. The number of hydrogen-bond acceptors (Lipinski definition) is 6. The van der Waals surface area contributed by atoms with Gasteiger partial charge in [0.05, 0.1) is 6.61 Å². The lowest BCUT2D eigenvalue weighted by molar-refractivity contribution is -0.341. The van der Waals surface area contributed by atoms with Crippen LogP contribution in [-0.2, 0) is 4.74 Å². The second kappa shape index (κ2) is 3.49. The van der Waals surface area contributed by atoms with E-state index < -0.39 is 36.8 Å². The molecule has 0 bridgehead atoms. The Morgan fingerprint density at radius 3 is 2.23 bits per heavy atom. The SMILES string of the molecule is C[C@@]1(O)O[C@H](CO)[C@@H](O)[C@H](O)[C@H]1O. The lowest BCUT2D eigenvalue weighted by atomic mass is 9.94. The molecule has 13 heavy (non-hydrogen) atoms. The van der Waals surface area contributed by atoms with Crippen molar-refractivity contribution in [3.63, 3.8) is 0 Å². The van der Waals surface area contributed by atoms with Crippen molar-refractivity contribution in [3.05, 3.63) is 0 Å². The van der Waals surface area contributed by atoms with Crippen LogP contribution in [0.15, 0.2) is 0 Å². The van der Waals surface area contributed by atoms with Gasteiger partial charge in [0.25, 0.3) is 0 Å². The molecule has 6 nitrogen and oxygen atoms in total. The highest BCUT2D eigenvalue weighted by atomic mass is 16.7. The first-order chi connectivity index (χ1) is 5.90. The molecular weight excluding hydrogens is 180 g/mol. The van der Waals surface area contributed by atoms with Crippen LogP contribution in [0.1, 0.15) is 6.92 Å². The minimum Gasteiger partial charge on any atom is -0.394 e. The lowest BCUT2D eigenvalue weighted by Gasteiger charge is -2.43. The molecule has 0 aromatic heterocycles. The van der Waals surface area contributed by atoms with E-state index in [1.807, 2.05) is 0 Å². The lowest BCUT2D eigenvalue weighted by Crippen LogP contribution is -2.63. The van der Waals surface area contributed by atoms with Crippen molar-refractivity contribution in [2.45, 2.75) is 37.1 Å². The Morgan fingerprint density at radius 2 is 1.77 bits per heavy atom. The Labute approximate surface area is 75.0 Å². The summed E-state index contributed by atoms with van der Waals surface area (Å²) in [7, 11) is 0. The average Bonchev–Trinajstić information content (AvgIpc) is 2.08. The molecule has 1 rings (SSSR count). The zero-order valence-corrected chi connectivity index (χ0v) is 7.16. The number of aliphatic hydroxyl groups is 5. The molecule has 0 amide bonds. The Kier molecular flexibility index (Phi) is 2.91. The van der Waals surface area contributed by atoms with E-state index in [0.717, 1.165) is 6.92 Å². The van der Waals surface area contributed by atoms with Crippen LogP contribution in [0.4, 0.5) is 0 Å². The van der Waals surface area contributed by atoms with E-state index in [4.69, 9.17) is 9.84 Å². The van der Waals surface area contributed by atoms with Crippen molar-refractivity contribution in [1.29, 1.82) is 0 Å². The number of aliphatic hydroxyl groups excluding tert-OH is 4. The number of hydrogen-bond donors (Lipinski definition) is 5. The van der Waals surface area contributed by atoms with E-state index in [1.54, 1.807) is 0 Å². The summed E-state index contributed by atoms with van der Waals surface area (Å²) < 4.78 is 4.76. The molecule has 0 radical (unpaired) electrons. The van der Waals surface area contributed by atoms with Gasteiger partial charge in [-0.05, 0) is 6.92 Å². The van der Waals surface area contributed by atoms with E-state index in [1.165, 1.54) is 0 Å². The highest BCUT2D eigenvalue weighted by Crippen LogP contribution is 2.27. The molecule has 0 aliphatic carbocycles. The zero-order chi connectivity index (χ0) is 10.2. The van der Waals surface area contributed by atoms with E-state index in [9.17, 15) is 20.4 Å². The van der Waals surface area contributed by atoms with Crippen molar-refractivity contribution in [1.82, 2.24) is 0 Å². The van der Waals surface area contributed by atoms with Gasteiger partial charge in [0, 0.05) is 0 Å². The monoisotopic (exact) mass is 194 g/mol. The van der Waals surface area contributed by atoms with Gasteiger partial charge in [-0.2, -0.15) is 0 Å². The van der Waals surface area contributed by atoms with Crippen molar-refractivity contribution in [2.24, 2.45) is 0 Å². The molecule has 0 aromatic carbocycles. The van der Waals surface area contributed by atoms with Crippen molar-refractivity contribution in [3.8, 4) is 0 Å². The van der Waals surface area contributed by atoms with Gasteiger partial charge in [-0.25, -0.2) is 0 Å². The van der Waals surface area contributed by atoms with Crippen LogP contribution < -0.4 is 0 Å². The molecule has 1 aliphatic heterocycles. The van der Waals surface area contributed by atoms with E-state index in [-0.39, 0.29) is 0 Å². The highest BCUT2D eigenvalue weighted by Gasteiger charge is 2.49. The summed E-state index contributed by atoms with van der Waals surface area (Å²) in [5.74, 6) is -1.95. The summed E-state index contributed by atoms with van der Waals surface area (Å²) in [5, 5.41) is 45.8. The van der Waals surface area contributed by atoms with Gasteiger partial charge in [-0.15, -0.1) is 0 Å². The third-order valence-corrected chi connectivity index (χ3v) is 2.17. The first-order valence-electron chi connectivity index (χ1n) is 3.95. The van der Waals surface area contributed by atoms with Gasteiger partial charge in [-0.1, -0.05) is 0 Å². The van der Waals surface area contributed by atoms with Crippen LogP contribution in [0.2, 0.25) is 0 Å². The highest BCUT2D eigenvalue weighted by molar-refractivity contribution is 4.93. The van der Waals surface area contributed by atoms with Gasteiger partial charge >= 0.3 is 0 Å². The Hall–Kier alpha value is -0.240. The average molecular weight is 194 g/mol. The van der Waals surface area contributed by atoms with Crippen LogP contribution in [-0.4, -0.2) is 62.3 Å². The first kappa shape index (κ1) is 10.8. The van der Waals surface area contributed by atoms with Gasteiger partial charge in [0.15, 0.2) is 5.79 Å². The second-order valence-electron chi connectivity index (χ2n) is 3.32. The molecule has 0 unspecified atom stereocenters. The molecular formula is C7H14O6. The fourth-order valence-corrected chi connectivity index (χ4v) is 1.31. The van der Waals surface area contributed by atoms with Gasteiger partial charge in [-0.3, -0.25) is 0 Å². The van der Waals surface area contributed by atoms with Crippen LogP contribution >= 0.6 is 0 Å². The third kappa shape index (κ3) is 1.83. The zero-order valence-electron chi connectivity index (χ0n) is 7.16. The fraction of sp³-hybridized carbons (Fsp3) is 1.00. The molecule has 6 heteroatoms. The second-order valence-corrected chi connectivity index (χ2v) is 3.32. The van der Waals surface area contributed by atoms with Crippen LogP contribution in [0.25, 0.3) is 0 Å². The number of ether oxygens (including phenoxy) is 1. The van der Waals surface area contributed by atoms with E-state index in [2.05, 4.69) is 0 Å². The molecule has 1 saturated heterocycles. The summed E-state index contributed by atoms with van der Waals surface area (Å²) in [6.07, 6.45) is -5.61. The summed E-state index contributed by atoms with van der Waals surface area (Å²) in [5.41, 5.74) is 0. The molecule has 1 fully saturated rings. The molecule has 1 aliphatic rings. The normalized spacial score (nSPS) is 52.2. The molecule has 1 heterocycles. The molecule has 5 N–H and O–H groups in total. The Bertz CT molecular complexity index is 180. The standard InChI is InChI=1S/C7H14O6/c1-7(12)6(11)5(10)4(9)3(2-8)13-7/h3-6,8-12H,2H2,1H3/t3-,4-,5+,6-,7-/m1/s1. The predicted octanol–water partition coefficient (Wildman–Crippen LogP) is -2.83. The van der Waals surface area contributed by atoms with Gasteiger partial charge < -0.3 is 30.3 Å². The molecule has 5 atom stereocenters. The molecule has 0 saturated carbocycles. The smallest absolute Gasteiger partial charge is 0.192 e. The summed E-state index contributed by atoms with van der Waals surface area (Å²) in [6.45, 7) is 0.608. The van der Waals surface area contributed by atoms with Crippen molar-refractivity contribution >= 4 is 0 Å². The molecule has 78 valence electrons. The topological polar surface area (TPSA) is 110 Å². The fourth-order valence-electron chi connectivity index (χ4n) is 1.31. The maximum Gasteiger partial charge on any atom is 0.192 e. The molecule has 0 spiro atoms. The van der Waals surface area contributed by atoms with Crippen LogP contribution in [0.3, 0.4) is 0 Å². The third-order valence-electron chi connectivity index (χ3n) is 2.17. The maximum atomic E-state index is 9.38. The summed E-state index contributed by atoms with van der Waals surface area (Å²) in [4.78, 5) is 0. The van der Waals surface area contributed by atoms with Gasteiger partial charge in [0.1, 0.15) is 24.4 Å². The predicted molar refractivity (Wildman–Crippen MR) is 40.6 cm³/mol. The van der Waals surface area contributed by atoms with Crippen molar-refractivity contribution in [2.75, 3.05) is 6.61 Å². The van der Waals surface area contributed by atoms with Crippen LogP contribution in [0, 0.1) is 0 Å². The maximum absolute atomic E-state index is 9.38. The minimum absolute atomic E-state index is 0.541. The quantitative estimate of drug-likeness (QED) is 0.308. The van der Waals surface area contributed by atoms with Gasteiger partial charge in [0.2, 0.25) is 0 Å². The van der Waals surface area contributed by atoms with Crippen LogP contribution in [0.5, 0.6) is 0 Å². The van der Waals surface area contributed by atoms with E-state index in [0.29, 0.717) is 0 Å². The summed E-state index contributed by atoms with van der Waals surface area (Å²) in [6, 6.07) is 0. The molecule has 0 aromatic rings. The largest absolute Gasteiger partial charge is 0.394 e. The van der Waals surface area contributed by atoms with Crippen molar-refractivity contribution < 1.29 is 30.3 Å². The van der Waals surface area contributed by atoms with E-state index >= 15 is 0 Å². The Morgan fingerprint density at radius 1 is 1.23 bits per heavy atom. The number of rotatable bonds is 1.